The molecule has 2 heterocycles. The maximum atomic E-state index is 14.2. The van der Waals surface area contributed by atoms with Crippen LogP contribution < -0.4 is 33.8 Å². The van der Waals surface area contributed by atoms with Crippen molar-refractivity contribution in [3.05, 3.63) is 112 Å². The number of hydrogen-bond donors (Lipinski definition) is 0. The van der Waals surface area contributed by atoms with E-state index in [-0.39, 0.29) is 30.3 Å². The lowest BCUT2D eigenvalue weighted by atomic mass is 9.95. The van der Waals surface area contributed by atoms with Gasteiger partial charge in [0.25, 0.3) is 5.56 Å². The number of aromatic nitrogens is 1. The highest BCUT2D eigenvalue weighted by molar-refractivity contribution is 9.10. The van der Waals surface area contributed by atoms with Crippen molar-refractivity contribution in [1.82, 2.24) is 4.57 Å². The summed E-state index contributed by atoms with van der Waals surface area (Å²) in [4.78, 5) is 44.5. The highest BCUT2D eigenvalue weighted by Crippen LogP contribution is 2.41. The van der Waals surface area contributed by atoms with Gasteiger partial charge in [-0.15, -0.1) is 0 Å². The highest BCUT2D eigenvalue weighted by atomic mass is 79.9. The van der Waals surface area contributed by atoms with E-state index in [1.165, 1.54) is 37.2 Å². The molecule has 5 rings (SSSR count). The monoisotopic (exact) mass is 750 g/mol. The first kappa shape index (κ1) is 35.4. The maximum Gasteiger partial charge on any atom is 0.338 e. The fraction of sp³-hybridized carbons (Fsp3) is 0.278. The molecule has 3 aromatic carbocycles. The van der Waals surface area contributed by atoms with Crippen molar-refractivity contribution in [2.24, 2.45) is 4.99 Å². The first-order valence-electron chi connectivity index (χ1n) is 15.3. The first-order chi connectivity index (χ1) is 23.6. The first-order valence-corrected chi connectivity index (χ1v) is 16.9. The molecule has 1 aliphatic rings. The Morgan fingerprint density at radius 1 is 0.878 bits per heavy atom. The van der Waals surface area contributed by atoms with Crippen LogP contribution in [0.2, 0.25) is 0 Å². The van der Waals surface area contributed by atoms with Crippen LogP contribution in [0.3, 0.4) is 0 Å². The summed E-state index contributed by atoms with van der Waals surface area (Å²) < 4.78 is 35.6. The lowest BCUT2D eigenvalue weighted by Crippen LogP contribution is -2.40. The second-order valence-electron chi connectivity index (χ2n) is 10.6. The number of halogens is 1. The Bertz CT molecular complexity index is 2100. The van der Waals surface area contributed by atoms with Gasteiger partial charge < -0.3 is 28.4 Å². The van der Waals surface area contributed by atoms with Crippen molar-refractivity contribution in [1.29, 1.82) is 0 Å². The molecule has 0 N–H and O–H groups in total. The summed E-state index contributed by atoms with van der Waals surface area (Å²) in [5.41, 5.74) is 2.96. The van der Waals surface area contributed by atoms with E-state index < -0.39 is 12.0 Å². The van der Waals surface area contributed by atoms with Crippen LogP contribution in [0.1, 0.15) is 53.9 Å². The number of nitrogens with zero attached hydrogens (tertiary/aromatic N) is 2. The number of hydrogen-bond acceptors (Lipinski definition) is 11. The van der Waals surface area contributed by atoms with Gasteiger partial charge in [0.15, 0.2) is 27.8 Å². The molecule has 0 bridgehead atoms. The van der Waals surface area contributed by atoms with E-state index in [9.17, 15) is 14.4 Å². The van der Waals surface area contributed by atoms with E-state index in [1.807, 2.05) is 6.07 Å². The number of ether oxygens (including phenoxy) is 6. The molecule has 49 heavy (non-hydrogen) atoms. The van der Waals surface area contributed by atoms with Crippen molar-refractivity contribution in [2.75, 3.05) is 34.5 Å². The number of carbonyl (C=O) groups is 2. The smallest absolute Gasteiger partial charge is 0.338 e. The van der Waals surface area contributed by atoms with Crippen LogP contribution >= 0.6 is 27.3 Å². The summed E-state index contributed by atoms with van der Waals surface area (Å²) in [5.74, 6) is 0.945. The van der Waals surface area contributed by atoms with Crippen molar-refractivity contribution >= 4 is 45.3 Å². The molecule has 0 fully saturated rings. The van der Waals surface area contributed by atoms with E-state index in [1.54, 1.807) is 75.4 Å². The third-order valence-corrected chi connectivity index (χ3v) is 9.33. The summed E-state index contributed by atoms with van der Waals surface area (Å²) in [6, 6.07) is 15.0. The van der Waals surface area contributed by atoms with E-state index in [4.69, 9.17) is 28.4 Å². The molecule has 0 saturated carbocycles. The Morgan fingerprint density at radius 2 is 1.51 bits per heavy atom. The summed E-state index contributed by atoms with van der Waals surface area (Å²) in [6.45, 7) is 5.91. The van der Waals surface area contributed by atoms with Crippen LogP contribution in [0, 0.1) is 0 Å². The van der Waals surface area contributed by atoms with Gasteiger partial charge in [0, 0.05) is 4.47 Å². The molecule has 13 heteroatoms. The third-order valence-electron chi connectivity index (χ3n) is 7.66. The van der Waals surface area contributed by atoms with Crippen molar-refractivity contribution in [3.8, 4) is 23.0 Å². The Balaban J connectivity index is 1.51. The van der Waals surface area contributed by atoms with Gasteiger partial charge in [0.1, 0.15) is 6.61 Å². The van der Waals surface area contributed by atoms with Crippen LogP contribution in [0.5, 0.6) is 23.0 Å². The van der Waals surface area contributed by atoms with Crippen molar-refractivity contribution in [3.63, 3.8) is 0 Å². The molecule has 0 saturated heterocycles. The molecular weight excluding hydrogens is 716 g/mol. The van der Waals surface area contributed by atoms with Crippen LogP contribution in [-0.4, -0.2) is 51.0 Å². The molecule has 0 spiro atoms. The SMILES string of the molecule is CCOC(=O)C1=C(C)N=c2s/c(=C\c3ccc(OCc4ccc(C(=O)OCC)cc4)c(OC)c3)c(=O)n2[C@H]1c1cc(OC)c(OC)cc1Br. The maximum absolute atomic E-state index is 14.2. The number of fused-ring (bicyclic) bond motifs is 1. The van der Waals surface area contributed by atoms with E-state index in [2.05, 4.69) is 20.9 Å². The number of esters is 2. The fourth-order valence-corrected chi connectivity index (χ4v) is 6.91. The summed E-state index contributed by atoms with van der Waals surface area (Å²) in [5, 5.41) is 0. The molecule has 0 unspecified atom stereocenters. The average molecular weight is 752 g/mol. The van der Waals surface area contributed by atoms with Crippen molar-refractivity contribution in [2.45, 2.75) is 33.4 Å². The van der Waals surface area contributed by atoms with Gasteiger partial charge in [0.2, 0.25) is 0 Å². The molecule has 0 aliphatic carbocycles. The molecule has 1 atom stereocenters. The van der Waals surface area contributed by atoms with Crippen LogP contribution in [0.4, 0.5) is 0 Å². The number of rotatable bonds is 12. The molecular formula is C36H35BrN2O9S. The van der Waals surface area contributed by atoms with Crippen LogP contribution in [-0.2, 0) is 20.9 Å². The van der Waals surface area contributed by atoms with Gasteiger partial charge in [-0.05, 0) is 79.9 Å². The zero-order valence-corrected chi connectivity index (χ0v) is 30.2. The minimum Gasteiger partial charge on any atom is -0.493 e. The minimum atomic E-state index is -0.858. The normalized spacial score (nSPS) is 14.1. The standard InChI is InChI=1S/C36H35BrN2O9S/c1-7-46-34(41)23-12-9-21(10-13-23)19-48-26-14-11-22(15-27(26)43-4)16-30-33(40)39-32(24-17-28(44-5)29(45-6)18-25(24)37)31(35(42)47-8-2)20(3)38-36(39)49-30/h9-18,32H,7-8,19H2,1-6H3/b30-16-/t32-/m0/s1. The lowest BCUT2D eigenvalue weighted by Gasteiger charge is -2.26. The third kappa shape index (κ3) is 7.42. The van der Waals surface area contributed by atoms with Crippen molar-refractivity contribution < 1.29 is 38.0 Å². The summed E-state index contributed by atoms with van der Waals surface area (Å²) in [6.07, 6.45) is 1.74. The number of benzene rings is 3. The second kappa shape index (κ2) is 15.6. The number of thiazole rings is 1. The topological polar surface area (TPSA) is 124 Å². The van der Waals surface area contributed by atoms with Gasteiger partial charge in [-0.2, -0.15) is 0 Å². The predicted molar refractivity (Wildman–Crippen MR) is 187 cm³/mol. The zero-order valence-electron chi connectivity index (χ0n) is 27.8. The van der Waals surface area contributed by atoms with Gasteiger partial charge in [-0.1, -0.05) is 45.5 Å². The average Bonchev–Trinajstić information content (AvgIpc) is 3.40. The highest BCUT2D eigenvalue weighted by Gasteiger charge is 2.35. The Labute approximate surface area is 295 Å². The minimum absolute atomic E-state index is 0.156. The van der Waals surface area contributed by atoms with Crippen LogP contribution in [0.25, 0.3) is 6.08 Å². The van der Waals surface area contributed by atoms with E-state index >= 15 is 0 Å². The van der Waals surface area contributed by atoms with Gasteiger partial charge in [0.05, 0.1) is 62.0 Å². The summed E-state index contributed by atoms with van der Waals surface area (Å²) >= 11 is 4.83. The molecule has 11 nitrogen and oxygen atoms in total. The number of methoxy groups -OCH3 is 3. The van der Waals surface area contributed by atoms with E-state index in [0.29, 0.717) is 65.8 Å². The Kier molecular flexibility index (Phi) is 11.2. The molecule has 0 amide bonds. The quantitative estimate of drug-likeness (QED) is 0.177. The second-order valence-corrected chi connectivity index (χ2v) is 12.5. The predicted octanol–water partition coefficient (Wildman–Crippen LogP) is 5.34. The summed E-state index contributed by atoms with van der Waals surface area (Å²) in [7, 11) is 4.58. The Morgan fingerprint density at radius 3 is 2.16 bits per heavy atom. The Hall–Kier alpha value is -4.88. The molecule has 4 aromatic rings. The van der Waals surface area contributed by atoms with Gasteiger partial charge >= 0.3 is 11.9 Å². The molecule has 256 valence electrons. The lowest BCUT2D eigenvalue weighted by molar-refractivity contribution is -0.139. The number of carbonyl (C=O) groups excluding carboxylic acids is 2. The van der Waals surface area contributed by atoms with Gasteiger partial charge in [-0.3, -0.25) is 9.36 Å². The molecule has 0 radical (unpaired) electrons. The van der Waals surface area contributed by atoms with E-state index in [0.717, 1.165) is 5.56 Å². The van der Waals surface area contributed by atoms with Gasteiger partial charge in [-0.25, -0.2) is 14.6 Å². The largest absolute Gasteiger partial charge is 0.493 e. The molecule has 1 aromatic heterocycles. The van der Waals surface area contributed by atoms with Crippen LogP contribution in [0.15, 0.2) is 80.1 Å². The number of allylic oxidation sites excluding steroid dienone is 1. The fourth-order valence-electron chi connectivity index (χ4n) is 5.32. The zero-order chi connectivity index (χ0) is 35.2. The molecule has 1 aliphatic heterocycles.